The van der Waals surface area contributed by atoms with E-state index in [2.05, 4.69) is 38.2 Å². The molecule has 0 bridgehead atoms. The topological polar surface area (TPSA) is 63.6 Å². The van der Waals surface area contributed by atoms with Gasteiger partial charge in [0.1, 0.15) is 6.10 Å². The maximum Gasteiger partial charge on any atom is 0.306 e. The Morgan fingerprint density at radius 2 is 0.929 bits per heavy atom. The molecule has 0 aliphatic carbocycles. The summed E-state index contributed by atoms with van der Waals surface area (Å²) in [6, 6.07) is 0. The van der Waals surface area contributed by atoms with Crippen LogP contribution in [0.25, 0.3) is 0 Å². The zero-order valence-electron chi connectivity index (χ0n) is 28.1. The Bertz CT molecular complexity index is 639. The van der Waals surface area contributed by atoms with Gasteiger partial charge in [-0.1, -0.05) is 141 Å². The van der Waals surface area contributed by atoms with Gasteiger partial charge in [-0.15, -0.1) is 0 Å². The van der Waals surface area contributed by atoms with Gasteiger partial charge in [0.2, 0.25) is 0 Å². The van der Waals surface area contributed by atoms with Crippen LogP contribution in [0.3, 0.4) is 0 Å². The number of ether oxygens (including phenoxy) is 1. The van der Waals surface area contributed by atoms with Crippen LogP contribution >= 0.6 is 0 Å². The summed E-state index contributed by atoms with van der Waals surface area (Å²) in [4.78, 5) is 23.1. The van der Waals surface area contributed by atoms with E-state index in [1.807, 2.05) is 0 Å². The molecule has 246 valence electrons. The van der Waals surface area contributed by atoms with Gasteiger partial charge in [0, 0.05) is 12.8 Å². The predicted molar refractivity (Wildman–Crippen MR) is 181 cm³/mol. The summed E-state index contributed by atoms with van der Waals surface area (Å²) in [5.74, 6) is -0.735. The Morgan fingerprint density at radius 3 is 1.45 bits per heavy atom. The lowest BCUT2D eigenvalue weighted by molar-refractivity contribution is -0.150. The van der Waals surface area contributed by atoms with Gasteiger partial charge in [-0.25, -0.2) is 0 Å². The van der Waals surface area contributed by atoms with E-state index < -0.39 is 5.97 Å². The van der Waals surface area contributed by atoms with E-state index in [-0.39, 0.29) is 18.5 Å². The standard InChI is InChI=1S/C38H70O4/c1-3-5-7-9-10-11-12-13-14-15-16-17-18-19-20-21-22-23-24-25-31-35-38(41)42-36(32-28-8-6-4-2)33-29-26-27-30-34-37(39)40/h10-11,13-14,36H,3-9,12,15-35H2,1-2H3,(H,39,40)/b11-10-,14-13-. The lowest BCUT2D eigenvalue weighted by Gasteiger charge is -2.18. The fraction of sp³-hybridized carbons (Fsp3) is 0.842. The molecule has 0 saturated carbocycles. The third-order valence-corrected chi connectivity index (χ3v) is 8.18. The summed E-state index contributed by atoms with van der Waals surface area (Å²) in [6.45, 7) is 4.47. The summed E-state index contributed by atoms with van der Waals surface area (Å²) >= 11 is 0. The fourth-order valence-electron chi connectivity index (χ4n) is 5.45. The molecule has 42 heavy (non-hydrogen) atoms. The molecule has 1 atom stereocenters. The number of rotatable bonds is 33. The van der Waals surface area contributed by atoms with Crippen LogP contribution in [0, 0.1) is 0 Å². The molecule has 0 radical (unpaired) electrons. The summed E-state index contributed by atoms with van der Waals surface area (Å²) < 4.78 is 5.88. The van der Waals surface area contributed by atoms with Gasteiger partial charge in [0.15, 0.2) is 0 Å². The van der Waals surface area contributed by atoms with E-state index in [1.54, 1.807) is 0 Å². The highest BCUT2D eigenvalue weighted by molar-refractivity contribution is 5.69. The quantitative estimate of drug-likeness (QED) is 0.0469. The fourth-order valence-corrected chi connectivity index (χ4v) is 5.45. The van der Waals surface area contributed by atoms with Crippen molar-refractivity contribution in [2.75, 3.05) is 0 Å². The van der Waals surface area contributed by atoms with E-state index in [0.717, 1.165) is 64.2 Å². The molecule has 0 aliphatic heterocycles. The van der Waals surface area contributed by atoms with Crippen molar-refractivity contribution in [3.63, 3.8) is 0 Å². The SMILES string of the molecule is CCCCC/C=C\C/C=C\CCCCCCCCCCCCCC(=O)OC(CCCCCC)CCCCCCC(=O)O. The maximum atomic E-state index is 12.5. The van der Waals surface area contributed by atoms with Crippen LogP contribution in [0.5, 0.6) is 0 Å². The van der Waals surface area contributed by atoms with E-state index in [1.165, 1.54) is 109 Å². The largest absolute Gasteiger partial charge is 0.481 e. The minimum atomic E-state index is -0.713. The maximum absolute atomic E-state index is 12.5. The zero-order valence-corrected chi connectivity index (χ0v) is 28.1. The molecule has 0 aromatic rings. The molecule has 0 saturated heterocycles. The van der Waals surface area contributed by atoms with E-state index >= 15 is 0 Å². The van der Waals surface area contributed by atoms with E-state index in [9.17, 15) is 9.59 Å². The minimum absolute atomic E-state index is 0.0218. The Balaban J connectivity index is 3.67. The number of hydrogen-bond donors (Lipinski definition) is 1. The Labute approximate surface area is 261 Å². The van der Waals surface area contributed by atoms with Crippen LogP contribution in [-0.4, -0.2) is 23.1 Å². The summed E-state index contributed by atoms with van der Waals surface area (Å²) in [5, 5.41) is 8.77. The van der Waals surface area contributed by atoms with Gasteiger partial charge >= 0.3 is 11.9 Å². The first-order valence-electron chi connectivity index (χ1n) is 18.3. The van der Waals surface area contributed by atoms with Crippen molar-refractivity contribution < 1.29 is 19.4 Å². The average Bonchev–Trinajstić information content (AvgIpc) is 2.97. The van der Waals surface area contributed by atoms with Crippen LogP contribution in [0.15, 0.2) is 24.3 Å². The van der Waals surface area contributed by atoms with Crippen molar-refractivity contribution in [3.8, 4) is 0 Å². The molecule has 0 fully saturated rings. The number of allylic oxidation sites excluding steroid dienone is 4. The molecule has 0 aliphatic rings. The second-order valence-corrected chi connectivity index (χ2v) is 12.4. The molecule has 1 unspecified atom stereocenters. The van der Waals surface area contributed by atoms with Gasteiger partial charge in [0.25, 0.3) is 0 Å². The number of carboxylic acids is 1. The highest BCUT2D eigenvalue weighted by atomic mass is 16.5. The molecule has 1 N–H and O–H groups in total. The van der Waals surface area contributed by atoms with Crippen molar-refractivity contribution in [2.24, 2.45) is 0 Å². The Kier molecular flexibility index (Phi) is 32.6. The molecular weight excluding hydrogens is 520 g/mol. The first kappa shape index (κ1) is 40.4. The van der Waals surface area contributed by atoms with Crippen LogP contribution in [-0.2, 0) is 14.3 Å². The highest BCUT2D eigenvalue weighted by Gasteiger charge is 2.14. The molecule has 0 spiro atoms. The molecule has 4 nitrogen and oxygen atoms in total. The predicted octanol–water partition coefficient (Wildman–Crippen LogP) is 12.4. The number of carbonyl (C=O) groups excluding carboxylic acids is 1. The average molecular weight is 591 g/mol. The second kappa shape index (κ2) is 33.9. The first-order valence-corrected chi connectivity index (χ1v) is 18.3. The molecule has 0 heterocycles. The Morgan fingerprint density at radius 1 is 0.524 bits per heavy atom. The lowest BCUT2D eigenvalue weighted by Crippen LogP contribution is -2.18. The van der Waals surface area contributed by atoms with Crippen molar-refractivity contribution in [1.29, 1.82) is 0 Å². The molecule has 0 aromatic heterocycles. The molecule has 4 heteroatoms. The van der Waals surface area contributed by atoms with Crippen LogP contribution in [0.4, 0.5) is 0 Å². The summed E-state index contributed by atoms with van der Waals surface area (Å²) in [5.41, 5.74) is 0. The van der Waals surface area contributed by atoms with Gasteiger partial charge in [-0.3, -0.25) is 9.59 Å². The number of carbonyl (C=O) groups is 2. The normalized spacial score (nSPS) is 12.4. The zero-order chi connectivity index (χ0) is 30.8. The summed E-state index contributed by atoms with van der Waals surface area (Å²) in [6.07, 6.45) is 42.2. The first-order chi connectivity index (χ1) is 20.6. The van der Waals surface area contributed by atoms with Crippen molar-refractivity contribution in [2.45, 2.75) is 206 Å². The van der Waals surface area contributed by atoms with Gasteiger partial charge < -0.3 is 9.84 Å². The van der Waals surface area contributed by atoms with Crippen molar-refractivity contribution in [3.05, 3.63) is 24.3 Å². The number of hydrogen-bond acceptors (Lipinski definition) is 3. The second-order valence-electron chi connectivity index (χ2n) is 12.4. The smallest absolute Gasteiger partial charge is 0.306 e. The third-order valence-electron chi connectivity index (χ3n) is 8.18. The van der Waals surface area contributed by atoms with Gasteiger partial charge in [0.05, 0.1) is 0 Å². The lowest BCUT2D eigenvalue weighted by atomic mass is 10.0. The number of esters is 1. The Hall–Kier alpha value is -1.58. The number of aliphatic carboxylic acids is 1. The monoisotopic (exact) mass is 591 g/mol. The van der Waals surface area contributed by atoms with Crippen LogP contribution in [0.2, 0.25) is 0 Å². The minimum Gasteiger partial charge on any atom is -0.481 e. The van der Waals surface area contributed by atoms with Gasteiger partial charge in [-0.05, 0) is 70.6 Å². The van der Waals surface area contributed by atoms with E-state index in [4.69, 9.17) is 9.84 Å². The molecular formula is C38H70O4. The number of carboxylic acid groups (broad SMARTS) is 1. The molecule has 0 rings (SSSR count). The molecule has 0 aromatic carbocycles. The van der Waals surface area contributed by atoms with Crippen LogP contribution < -0.4 is 0 Å². The number of unbranched alkanes of at least 4 members (excludes halogenated alkanes) is 20. The van der Waals surface area contributed by atoms with Gasteiger partial charge in [-0.2, -0.15) is 0 Å². The van der Waals surface area contributed by atoms with Crippen molar-refractivity contribution >= 4 is 11.9 Å². The molecule has 0 amide bonds. The summed E-state index contributed by atoms with van der Waals surface area (Å²) in [7, 11) is 0. The highest BCUT2D eigenvalue weighted by Crippen LogP contribution is 2.18. The van der Waals surface area contributed by atoms with Crippen LogP contribution in [0.1, 0.15) is 200 Å². The van der Waals surface area contributed by atoms with Crippen molar-refractivity contribution in [1.82, 2.24) is 0 Å². The van der Waals surface area contributed by atoms with E-state index in [0.29, 0.717) is 6.42 Å². The third kappa shape index (κ3) is 32.9.